The highest BCUT2D eigenvalue weighted by Crippen LogP contribution is 2.44. The van der Waals surface area contributed by atoms with E-state index in [1.807, 2.05) is 66.7 Å². The minimum absolute atomic E-state index is 0.563. The van der Waals surface area contributed by atoms with Crippen molar-refractivity contribution in [2.24, 2.45) is 0 Å². The topological polar surface area (TPSA) is 56.7 Å². The van der Waals surface area contributed by atoms with Crippen molar-refractivity contribution >= 4 is 54.5 Å². The summed E-state index contributed by atoms with van der Waals surface area (Å²) in [6.07, 6.45) is 0. The first-order valence-corrected chi connectivity index (χ1v) is 18.1. The van der Waals surface area contributed by atoms with Gasteiger partial charge in [-0.1, -0.05) is 140 Å². The Kier molecular flexibility index (Phi) is 6.79. The Balaban J connectivity index is 1.20. The van der Waals surface area contributed by atoms with Crippen LogP contribution in [0.1, 0.15) is 0 Å². The molecule has 11 rings (SSSR count). The standard InChI is InChI=1S/C49H30N4O/c1-4-15-32(16-5-1)47-50-48(33-17-6-2-7-18-33)52-49(51-47)40-25-13-24-38-39-27-29-43-44(46(39)54-45(38)40)41-30-34(37-23-12-19-31-14-10-11-22-36(31)37)26-28-42(41)53(43)35-20-8-3-9-21-35/h1-30H. The summed E-state index contributed by atoms with van der Waals surface area (Å²) in [7, 11) is 0. The number of hydrogen-bond donors (Lipinski definition) is 0. The van der Waals surface area contributed by atoms with Crippen LogP contribution in [0, 0.1) is 0 Å². The zero-order valence-corrected chi connectivity index (χ0v) is 29.0. The maximum absolute atomic E-state index is 7.10. The summed E-state index contributed by atoms with van der Waals surface area (Å²) < 4.78 is 9.44. The van der Waals surface area contributed by atoms with Crippen molar-refractivity contribution in [1.29, 1.82) is 0 Å². The van der Waals surface area contributed by atoms with Gasteiger partial charge in [-0.3, -0.25) is 0 Å². The lowest BCUT2D eigenvalue weighted by Crippen LogP contribution is -2.00. The van der Waals surface area contributed by atoms with Gasteiger partial charge in [-0.25, -0.2) is 15.0 Å². The molecule has 0 N–H and O–H groups in total. The average Bonchev–Trinajstić information content (AvgIpc) is 3.80. The largest absolute Gasteiger partial charge is 0.455 e. The van der Waals surface area contributed by atoms with Crippen molar-refractivity contribution in [1.82, 2.24) is 19.5 Å². The molecule has 8 aromatic carbocycles. The van der Waals surface area contributed by atoms with Crippen LogP contribution in [0.2, 0.25) is 0 Å². The van der Waals surface area contributed by atoms with Crippen molar-refractivity contribution in [3.05, 3.63) is 182 Å². The molecule has 0 radical (unpaired) electrons. The molecule has 252 valence electrons. The van der Waals surface area contributed by atoms with Crippen LogP contribution < -0.4 is 0 Å². The molecule has 0 saturated heterocycles. The molecule has 0 aliphatic carbocycles. The number of benzene rings is 8. The fourth-order valence-electron chi connectivity index (χ4n) is 7.96. The zero-order valence-electron chi connectivity index (χ0n) is 29.0. The van der Waals surface area contributed by atoms with Crippen LogP contribution in [0.5, 0.6) is 0 Å². The van der Waals surface area contributed by atoms with Gasteiger partial charge < -0.3 is 8.98 Å². The molecule has 0 fully saturated rings. The molecule has 0 aliphatic heterocycles. The maximum Gasteiger partial charge on any atom is 0.167 e. The highest BCUT2D eigenvalue weighted by molar-refractivity contribution is 6.25. The van der Waals surface area contributed by atoms with Crippen LogP contribution >= 0.6 is 0 Å². The van der Waals surface area contributed by atoms with Crippen molar-refractivity contribution in [2.45, 2.75) is 0 Å². The van der Waals surface area contributed by atoms with E-state index in [-0.39, 0.29) is 0 Å². The molecule has 0 bridgehead atoms. The van der Waals surface area contributed by atoms with E-state index in [1.165, 1.54) is 16.3 Å². The third-order valence-electron chi connectivity index (χ3n) is 10.4. The Labute approximate surface area is 310 Å². The zero-order chi connectivity index (χ0) is 35.6. The molecule has 5 nitrogen and oxygen atoms in total. The van der Waals surface area contributed by atoms with Gasteiger partial charge in [-0.05, 0) is 64.4 Å². The Morgan fingerprint density at radius 2 is 0.944 bits per heavy atom. The minimum Gasteiger partial charge on any atom is -0.455 e. The van der Waals surface area contributed by atoms with Crippen LogP contribution in [0.25, 0.3) is 105 Å². The third kappa shape index (κ3) is 4.76. The second-order valence-corrected chi connectivity index (χ2v) is 13.6. The minimum atomic E-state index is 0.563. The number of hydrogen-bond acceptors (Lipinski definition) is 4. The van der Waals surface area contributed by atoms with E-state index in [0.29, 0.717) is 17.5 Å². The lowest BCUT2D eigenvalue weighted by atomic mass is 9.97. The molecule has 0 spiro atoms. The van der Waals surface area contributed by atoms with Crippen LogP contribution in [-0.2, 0) is 0 Å². The first kappa shape index (κ1) is 30.3. The molecule has 0 atom stereocenters. The van der Waals surface area contributed by atoms with E-state index in [9.17, 15) is 0 Å². The Morgan fingerprint density at radius 1 is 0.370 bits per heavy atom. The second-order valence-electron chi connectivity index (χ2n) is 13.6. The summed E-state index contributed by atoms with van der Waals surface area (Å²) in [6.45, 7) is 0. The molecule has 3 heterocycles. The number of rotatable bonds is 5. The van der Waals surface area contributed by atoms with Gasteiger partial charge in [0.25, 0.3) is 0 Å². The lowest BCUT2D eigenvalue weighted by Gasteiger charge is -2.09. The quantitative estimate of drug-likeness (QED) is 0.180. The Hall–Kier alpha value is -7.37. The van der Waals surface area contributed by atoms with Crippen molar-refractivity contribution < 1.29 is 4.42 Å². The molecule has 0 aliphatic rings. The lowest BCUT2D eigenvalue weighted by molar-refractivity contribution is 0.673. The maximum atomic E-state index is 7.10. The number of furan rings is 1. The summed E-state index contributed by atoms with van der Waals surface area (Å²) in [6, 6.07) is 63.3. The van der Waals surface area contributed by atoms with Crippen LogP contribution in [0.4, 0.5) is 0 Å². The monoisotopic (exact) mass is 690 g/mol. The van der Waals surface area contributed by atoms with E-state index < -0.39 is 0 Å². The molecule has 54 heavy (non-hydrogen) atoms. The molecular weight excluding hydrogens is 661 g/mol. The molecule has 0 saturated carbocycles. The first-order chi connectivity index (χ1) is 26.8. The van der Waals surface area contributed by atoms with Gasteiger partial charge >= 0.3 is 0 Å². The van der Waals surface area contributed by atoms with E-state index in [2.05, 4.69) is 120 Å². The number of aromatic nitrogens is 4. The Morgan fingerprint density at radius 3 is 1.70 bits per heavy atom. The van der Waals surface area contributed by atoms with Gasteiger partial charge in [-0.15, -0.1) is 0 Å². The molecular formula is C49H30N4O. The smallest absolute Gasteiger partial charge is 0.167 e. The highest BCUT2D eigenvalue weighted by atomic mass is 16.3. The molecule has 0 amide bonds. The number of para-hydroxylation sites is 2. The predicted molar refractivity (Wildman–Crippen MR) is 221 cm³/mol. The molecule has 5 heteroatoms. The van der Waals surface area contributed by atoms with E-state index in [4.69, 9.17) is 19.4 Å². The van der Waals surface area contributed by atoms with Crippen molar-refractivity contribution in [3.63, 3.8) is 0 Å². The number of fused-ring (bicyclic) bond motifs is 8. The van der Waals surface area contributed by atoms with Gasteiger partial charge in [0.15, 0.2) is 17.5 Å². The van der Waals surface area contributed by atoms with Gasteiger partial charge in [-0.2, -0.15) is 0 Å². The van der Waals surface area contributed by atoms with Crippen molar-refractivity contribution in [2.75, 3.05) is 0 Å². The van der Waals surface area contributed by atoms with Crippen LogP contribution in [-0.4, -0.2) is 19.5 Å². The van der Waals surface area contributed by atoms with Gasteiger partial charge in [0.2, 0.25) is 0 Å². The Bertz CT molecular complexity index is 3140. The summed E-state index contributed by atoms with van der Waals surface area (Å²) in [5, 5.41) is 6.70. The molecule has 3 aromatic heterocycles. The summed E-state index contributed by atoms with van der Waals surface area (Å²) in [4.78, 5) is 15.0. The van der Waals surface area contributed by atoms with Gasteiger partial charge in [0.1, 0.15) is 11.2 Å². The third-order valence-corrected chi connectivity index (χ3v) is 10.4. The van der Waals surface area contributed by atoms with E-state index in [1.54, 1.807) is 0 Å². The van der Waals surface area contributed by atoms with Crippen LogP contribution in [0.3, 0.4) is 0 Å². The van der Waals surface area contributed by atoms with Gasteiger partial charge in [0.05, 0.1) is 22.0 Å². The van der Waals surface area contributed by atoms with Gasteiger partial charge in [0, 0.05) is 33.0 Å². The normalized spacial score (nSPS) is 11.7. The number of nitrogens with zero attached hydrogens (tertiary/aromatic N) is 4. The average molecular weight is 691 g/mol. The van der Waals surface area contributed by atoms with Crippen molar-refractivity contribution in [3.8, 4) is 51.0 Å². The van der Waals surface area contributed by atoms with E-state index >= 15 is 0 Å². The highest BCUT2D eigenvalue weighted by Gasteiger charge is 2.22. The SMILES string of the molecule is c1ccc(-c2nc(-c3ccccc3)nc(-c3cccc4c3oc3c4ccc4c3c3cc(-c5cccc6ccccc56)ccc3n4-c3ccccc3)n2)cc1. The predicted octanol–water partition coefficient (Wildman–Crippen LogP) is 12.7. The van der Waals surface area contributed by atoms with Crippen LogP contribution in [0.15, 0.2) is 186 Å². The fraction of sp³-hybridized carbons (Fsp3) is 0. The fourth-order valence-corrected chi connectivity index (χ4v) is 7.96. The second kappa shape index (κ2) is 12.1. The summed E-state index contributed by atoms with van der Waals surface area (Å²) >= 11 is 0. The van der Waals surface area contributed by atoms with E-state index in [0.717, 1.165) is 71.7 Å². The molecule has 11 aromatic rings. The first-order valence-electron chi connectivity index (χ1n) is 18.1. The molecule has 0 unspecified atom stereocenters. The summed E-state index contributed by atoms with van der Waals surface area (Å²) in [5.41, 5.74) is 9.90. The summed E-state index contributed by atoms with van der Waals surface area (Å²) in [5.74, 6) is 1.79.